The zero-order valence-electron chi connectivity index (χ0n) is 10.4. The van der Waals surface area contributed by atoms with Crippen molar-refractivity contribution in [1.82, 2.24) is 10.6 Å². The Hall–Kier alpha value is -1.71. The summed E-state index contributed by atoms with van der Waals surface area (Å²) in [5.74, 6) is 1.29. The first-order chi connectivity index (χ1) is 8.11. The molecule has 2 amide bonds. The average molecular weight is 234 g/mol. The molecule has 4 heteroatoms. The fourth-order valence-corrected chi connectivity index (χ4v) is 2.03. The second-order valence-electron chi connectivity index (χ2n) is 4.56. The zero-order valence-corrected chi connectivity index (χ0v) is 10.4. The van der Waals surface area contributed by atoms with Crippen molar-refractivity contribution in [2.75, 3.05) is 13.7 Å². The van der Waals surface area contributed by atoms with Gasteiger partial charge in [0, 0.05) is 12.1 Å². The number of ether oxygens (including phenoxy) is 1. The van der Waals surface area contributed by atoms with E-state index in [9.17, 15) is 4.79 Å². The van der Waals surface area contributed by atoms with Gasteiger partial charge in [-0.1, -0.05) is 19.9 Å². The first-order valence-electron chi connectivity index (χ1n) is 5.84. The van der Waals surface area contributed by atoms with Gasteiger partial charge >= 0.3 is 6.03 Å². The van der Waals surface area contributed by atoms with Crippen LogP contribution in [0.15, 0.2) is 18.2 Å². The first-order valence-corrected chi connectivity index (χ1v) is 5.84. The van der Waals surface area contributed by atoms with Crippen molar-refractivity contribution < 1.29 is 9.53 Å². The van der Waals surface area contributed by atoms with Crippen LogP contribution < -0.4 is 15.4 Å². The Balaban J connectivity index is 2.35. The van der Waals surface area contributed by atoms with E-state index in [1.54, 1.807) is 7.11 Å². The molecule has 4 nitrogen and oxygen atoms in total. The van der Waals surface area contributed by atoms with Gasteiger partial charge in [-0.15, -0.1) is 0 Å². The molecular weight excluding hydrogens is 216 g/mol. The molecule has 0 aliphatic carbocycles. The van der Waals surface area contributed by atoms with Crippen molar-refractivity contribution in [3.63, 3.8) is 0 Å². The van der Waals surface area contributed by atoms with E-state index in [4.69, 9.17) is 4.74 Å². The van der Waals surface area contributed by atoms with E-state index in [0.717, 1.165) is 11.3 Å². The van der Waals surface area contributed by atoms with Crippen LogP contribution >= 0.6 is 0 Å². The average Bonchev–Trinajstić information content (AvgIpc) is 2.74. The van der Waals surface area contributed by atoms with E-state index in [1.807, 2.05) is 6.07 Å². The van der Waals surface area contributed by atoms with Crippen molar-refractivity contribution in [2.45, 2.75) is 25.8 Å². The van der Waals surface area contributed by atoms with E-state index < -0.39 is 0 Å². The molecule has 1 aromatic carbocycles. The number of nitrogens with one attached hydrogen (secondary N) is 2. The lowest BCUT2D eigenvalue weighted by Gasteiger charge is -2.16. The molecule has 0 unspecified atom stereocenters. The molecule has 1 aromatic rings. The van der Waals surface area contributed by atoms with Crippen molar-refractivity contribution in [2.24, 2.45) is 0 Å². The van der Waals surface area contributed by atoms with Crippen molar-refractivity contribution >= 4 is 6.03 Å². The molecule has 1 fully saturated rings. The van der Waals surface area contributed by atoms with Gasteiger partial charge in [0.05, 0.1) is 13.2 Å². The van der Waals surface area contributed by atoms with E-state index in [2.05, 4.69) is 36.6 Å². The van der Waals surface area contributed by atoms with Crippen molar-refractivity contribution in [1.29, 1.82) is 0 Å². The van der Waals surface area contributed by atoms with Crippen LogP contribution in [0, 0.1) is 0 Å². The first kappa shape index (κ1) is 11.8. The Bertz CT molecular complexity index is 429. The normalized spacial score (nSPS) is 19.1. The number of urea groups is 1. The molecular formula is C13H18N2O2. The van der Waals surface area contributed by atoms with Gasteiger partial charge in [0.1, 0.15) is 5.75 Å². The Kier molecular flexibility index (Phi) is 3.22. The van der Waals surface area contributed by atoms with Gasteiger partial charge in [0.2, 0.25) is 0 Å². The second kappa shape index (κ2) is 4.65. The third kappa shape index (κ3) is 2.35. The van der Waals surface area contributed by atoms with E-state index in [0.29, 0.717) is 12.5 Å². The Morgan fingerprint density at radius 3 is 2.71 bits per heavy atom. The van der Waals surface area contributed by atoms with Gasteiger partial charge in [-0.25, -0.2) is 4.79 Å². The van der Waals surface area contributed by atoms with Crippen LogP contribution in [-0.4, -0.2) is 19.7 Å². The highest BCUT2D eigenvalue weighted by Gasteiger charge is 2.24. The van der Waals surface area contributed by atoms with Crippen LogP contribution in [0.5, 0.6) is 5.75 Å². The predicted molar refractivity (Wildman–Crippen MR) is 66.4 cm³/mol. The molecule has 0 radical (unpaired) electrons. The molecule has 0 aromatic heterocycles. The molecule has 2 rings (SSSR count). The highest BCUT2D eigenvalue weighted by atomic mass is 16.5. The van der Waals surface area contributed by atoms with Gasteiger partial charge < -0.3 is 15.4 Å². The van der Waals surface area contributed by atoms with Crippen LogP contribution in [0.1, 0.15) is 36.9 Å². The third-order valence-corrected chi connectivity index (χ3v) is 3.07. The topological polar surface area (TPSA) is 50.4 Å². The van der Waals surface area contributed by atoms with E-state index >= 15 is 0 Å². The number of rotatable bonds is 3. The van der Waals surface area contributed by atoms with Gasteiger partial charge in [-0.05, 0) is 23.6 Å². The molecule has 1 aliphatic rings. The largest absolute Gasteiger partial charge is 0.496 e. The zero-order chi connectivity index (χ0) is 12.4. The summed E-state index contributed by atoms with van der Waals surface area (Å²) in [7, 11) is 1.65. The van der Waals surface area contributed by atoms with Gasteiger partial charge in [0.25, 0.3) is 0 Å². The fraction of sp³-hybridized carbons (Fsp3) is 0.462. The van der Waals surface area contributed by atoms with E-state index in [1.165, 1.54) is 5.56 Å². The smallest absolute Gasteiger partial charge is 0.315 e. The summed E-state index contributed by atoms with van der Waals surface area (Å²) < 4.78 is 5.35. The molecule has 0 bridgehead atoms. The van der Waals surface area contributed by atoms with Crippen LogP contribution in [0.2, 0.25) is 0 Å². The number of hydrogen-bond donors (Lipinski definition) is 2. The maximum atomic E-state index is 11.2. The number of hydrogen-bond acceptors (Lipinski definition) is 2. The van der Waals surface area contributed by atoms with Crippen molar-refractivity contribution in [3.05, 3.63) is 29.3 Å². The number of benzene rings is 1. The van der Waals surface area contributed by atoms with Gasteiger partial charge in [-0.2, -0.15) is 0 Å². The van der Waals surface area contributed by atoms with Crippen LogP contribution in [0.4, 0.5) is 4.79 Å². The second-order valence-corrected chi connectivity index (χ2v) is 4.56. The van der Waals surface area contributed by atoms with Crippen LogP contribution in [0.3, 0.4) is 0 Å². The Morgan fingerprint density at radius 2 is 2.18 bits per heavy atom. The summed E-state index contributed by atoms with van der Waals surface area (Å²) in [5.41, 5.74) is 2.29. The highest BCUT2D eigenvalue weighted by molar-refractivity contribution is 5.77. The quantitative estimate of drug-likeness (QED) is 0.842. The van der Waals surface area contributed by atoms with Gasteiger partial charge in [0.15, 0.2) is 0 Å². The summed E-state index contributed by atoms with van der Waals surface area (Å²) in [6, 6.07) is 6.02. The molecule has 1 aliphatic heterocycles. The molecule has 0 spiro atoms. The standard InChI is InChI=1S/C13H18N2O2/c1-8(2)9-4-5-12(17-3)10(6-9)11-7-14-13(16)15-11/h4-6,8,11H,7H2,1-3H3,(H2,14,15,16)/t11-/m0/s1. The predicted octanol–water partition coefficient (Wildman–Crippen LogP) is 2.17. The summed E-state index contributed by atoms with van der Waals surface area (Å²) in [4.78, 5) is 11.2. The molecule has 2 N–H and O–H groups in total. The number of carbonyl (C=O) groups excluding carboxylic acids is 1. The molecule has 1 heterocycles. The SMILES string of the molecule is COc1ccc(C(C)C)cc1[C@@H]1CNC(=O)N1. The maximum absolute atomic E-state index is 11.2. The molecule has 17 heavy (non-hydrogen) atoms. The Labute approximate surface area is 101 Å². The highest BCUT2D eigenvalue weighted by Crippen LogP contribution is 2.29. The van der Waals surface area contributed by atoms with Crippen LogP contribution in [0.25, 0.3) is 0 Å². The summed E-state index contributed by atoms with van der Waals surface area (Å²) in [6.07, 6.45) is 0. The molecule has 0 saturated carbocycles. The monoisotopic (exact) mass is 234 g/mol. The minimum absolute atomic E-state index is 0.00356. The van der Waals surface area contributed by atoms with Gasteiger partial charge in [-0.3, -0.25) is 0 Å². The van der Waals surface area contributed by atoms with E-state index in [-0.39, 0.29) is 12.1 Å². The minimum Gasteiger partial charge on any atom is -0.496 e. The lowest BCUT2D eigenvalue weighted by molar-refractivity contribution is 0.247. The number of amides is 2. The molecule has 1 atom stereocenters. The van der Waals surface area contributed by atoms with Crippen molar-refractivity contribution in [3.8, 4) is 5.75 Å². The lowest BCUT2D eigenvalue weighted by Crippen LogP contribution is -2.22. The molecule has 92 valence electrons. The third-order valence-electron chi connectivity index (χ3n) is 3.07. The molecule has 1 saturated heterocycles. The van der Waals surface area contributed by atoms with Crippen LogP contribution in [-0.2, 0) is 0 Å². The maximum Gasteiger partial charge on any atom is 0.315 e. The lowest BCUT2D eigenvalue weighted by atomic mass is 9.97. The Morgan fingerprint density at radius 1 is 1.41 bits per heavy atom. The number of methoxy groups -OCH3 is 1. The minimum atomic E-state index is -0.119. The fourth-order valence-electron chi connectivity index (χ4n) is 2.03. The summed E-state index contributed by atoms with van der Waals surface area (Å²) in [6.45, 7) is 4.91. The summed E-state index contributed by atoms with van der Waals surface area (Å²) >= 11 is 0. The summed E-state index contributed by atoms with van der Waals surface area (Å²) in [5, 5.41) is 5.64. The number of carbonyl (C=O) groups is 1.